The molecule has 2 heterocycles. The molecule has 1 amide bonds. The van der Waals surface area contributed by atoms with Gasteiger partial charge in [-0.2, -0.15) is 0 Å². The second-order valence-electron chi connectivity index (χ2n) is 7.32. The Morgan fingerprint density at radius 1 is 1.17 bits per heavy atom. The number of carbonyl (C=O) groups excluding carboxylic acids is 1. The molecule has 5 nitrogen and oxygen atoms in total. The van der Waals surface area contributed by atoms with Crippen LogP contribution in [0.2, 0.25) is 0 Å². The lowest BCUT2D eigenvalue weighted by Crippen LogP contribution is -3.10. The molecular formula is C23H26N3O2S+. The summed E-state index contributed by atoms with van der Waals surface area (Å²) in [5, 5.41) is 3.57. The molecule has 6 heteroatoms. The molecule has 1 aliphatic rings. The molecule has 0 fully saturated rings. The zero-order chi connectivity index (χ0) is 20.1. The summed E-state index contributed by atoms with van der Waals surface area (Å²) in [4.78, 5) is 19.7. The summed E-state index contributed by atoms with van der Waals surface area (Å²) in [5.74, 6) is 0.546. The minimum absolute atomic E-state index is 0.0111. The summed E-state index contributed by atoms with van der Waals surface area (Å²) >= 11 is 1.59. The van der Waals surface area contributed by atoms with Crippen molar-refractivity contribution >= 4 is 22.4 Å². The quantitative estimate of drug-likeness (QED) is 0.632. The number of ether oxygens (including phenoxy) is 1. The van der Waals surface area contributed by atoms with Gasteiger partial charge in [0.15, 0.2) is 11.7 Å². The number of hydrogen-bond donors (Lipinski definition) is 2. The van der Waals surface area contributed by atoms with Gasteiger partial charge in [0.25, 0.3) is 5.91 Å². The number of nitrogens with one attached hydrogen (secondary N) is 2. The number of anilines is 1. The van der Waals surface area contributed by atoms with E-state index in [9.17, 15) is 4.79 Å². The average Bonchev–Trinajstić information content (AvgIpc) is 3.14. The van der Waals surface area contributed by atoms with E-state index in [1.165, 1.54) is 20.9 Å². The number of quaternary nitrogens is 1. The predicted molar refractivity (Wildman–Crippen MR) is 115 cm³/mol. The normalized spacial score (nSPS) is 15.6. The van der Waals surface area contributed by atoms with Crippen LogP contribution in [0.4, 0.5) is 5.13 Å². The molecule has 29 heavy (non-hydrogen) atoms. The van der Waals surface area contributed by atoms with Gasteiger partial charge >= 0.3 is 0 Å². The van der Waals surface area contributed by atoms with E-state index in [0.29, 0.717) is 5.13 Å². The third-order valence-electron chi connectivity index (χ3n) is 5.12. The van der Waals surface area contributed by atoms with Crippen molar-refractivity contribution in [2.45, 2.75) is 32.9 Å². The maximum absolute atomic E-state index is 12.3. The van der Waals surface area contributed by atoms with Crippen LogP contribution in [0, 0.1) is 0 Å². The van der Waals surface area contributed by atoms with Gasteiger partial charge in [0.2, 0.25) is 0 Å². The monoisotopic (exact) mass is 408 g/mol. The van der Waals surface area contributed by atoms with Gasteiger partial charge in [-0.3, -0.25) is 10.1 Å². The second-order valence-corrected chi connectivity index (χ2v) is 8.40. The van der Waals surface area contributed by atoms with Gasteiger partial charge in [-0.1, -0.05) is 60.7 Å². The van der Waals surface area contributed by atoms with Crippen molar-refractivity contribution in [3.63, 3.8) is 0 Å². The van der Waals surface area contributed by atoms with Crippen molar-refractivity contribution in [2.24, 2.45) is 0 Å². The standard InChI is InChI=1S/C23H25N3O2S/c1-2-17-9-6-10-19(13-17)28-16-22(27)25-23-24-20-11-12-26(15-21(20)29-23)14-18-7-4-3-5-8-18/h3-10,13H,2,11-12,14-16H2,1H3,(H,24,25,27)/p+1. The number of hydrogen-bond acceptors (Lipinski definition) is 4. The lowest BCUT2D eigenvalue weighted by Gasteiger charge is -2.22. The first-order valence-electron chi connectivity index (χ1n) is 10.1. The Morgan fingerprint density at radius 2 is 2.00 bits per heavy atom. The number of aromatic nitrogens is 1. The minimum Gasteiger partial charge on any atom is -0.484 e. The zero-order valence-corrected chi connectivity index (χ0v) is 17.4. The zero-order valence-electron chi connectivity index (χ0n) is 16.6. The highest BCUT2D eigenvalue weighted by Crippen LogP contribution is 2.24. The maximum atomic E-state index is 12.3. The van der Waals surface area contributed by atoms with E-state index in [-0.39, 0.29) is 12.5 Å². The highest BCUT2D eigenvalue weighted by Gasteiger charge is 2.24. The number of fused-ring (bicyclic) bond motifs is 1. The van der Waals surface area contributed by atoms with Gasteiger partial charge in [0, 0.05) is 12.0 Å². The highest BCUT2D eigenvalue weighted by atomic mass is 32.1. The first-order valence-corrected chi connectivity index (χ1v) is 10.9. The molecule has 3 aromatic rings. The Kier molecular flexibility index (Phi) is 6.22. The van der Waals surface area contributed by atoms with Gasteiger partial charge in [0.05, 0.1) is 17.1 Å². The van der Waals surface area contributed by atoms with E-state index >= 15 is 0 Å². The SMILES string of the molecule is CCc1cccc(OCC(=O)Nc2nc3c(s2)C[NH+](Cc2ccccc2)CC3)c1. The molecule has 0 saturated carbocycles. The number of rotatable bonds is 7. The van der Waals surface area contributed by atoms with E-state index in [4.69, 9.17) is 4.74 Å². The summed E-state index contributed by atoms with van der Waals surface area (Å²) in [5.41, 5.74) is 3.67. The Bertz CT molecular complexity index is 971. The molecule has 2 N–H and O–H groups in total. The van der Waals surface area contributed by atoms with Gasteiger partial charge in [0.1, 0.15) is 18.8 Å². The molecule has 1 unspecified atom stereocenters. The molecule has 0 bridgehead atoms. The van der Waals surface area contributed by atoms with E-state index in [0.717, 1.165) is 43.9 Å². The van der Waals surface area contributed by atoms with Crippen molar-refractivity contribution < 1.29 is 14.4 Å². The van der Waals surface area contributed by atoms with Crippen LogP contribution in [-0.4, -0.2) is 24.0 Å². The van der Waals surface area contributed by atoms with Crippen molar-refractivity contribution in [3.8, 4) is 5.75 Å². The third-order valence-corrected chi connectivity index (χ3v) is 6.14. The molecule has 1 atom stereocenters. The second kappa shape index (κ2) is 9.20. The predicted octanol–water partition coefficient (Wildman–Crippen LogP) is 2.86. The Morgan fingerprint density at radius 3 is 2.83 bits per heavy atom. The summed E-state index contributed by atoms with van der Waals surface area (Å²) in [6.07, 6.45) is 1.89. The molecule has 0 saturated heterocycles. The summed E-state index contributed by atoms with van der Waals surface area (Å²) < 4.78 is 5.63. The average molecular weight is 409 g/mol. The molecule has 4 rings (SSSR count). The van der Waals surface area contributed by atoms with Gasteiger partial charge in [-0.05, 0) is 24.1 Å². The summed E-state index contributed by atoms with van der Waals surface area (Å²) in [6, 6.07) is 18.4. The van der Waals surface area contributed by atoms with Gasteiger partial charge in [-0.25, -0.2) is 4.98 Å². The number of benzene rings is 2. The Labute approximate surface area is 175 Å². The van der Waals surface area contributed by atoms with Crippen LogP contribution < -0.4 is 15.0 Å². The Hall–Kier alpha value is -2.70. The molecule has 2 aromatic carbocycles. The molecule has 0 radical (unpaired) electrons. The smallest absolute Gasteiger partial charge is 0.264 e. The minimum atomic E-state index is -0.175. The fraction of sp³-hybridized carbons (Fsp3) is 0.304. The van der Waals surface area contributed by atoms with Crippen LogP contribution in [0.5, 0.6) is 5.75 Å². The number of carbonyl (C=O) groups is 1. The molecule has 0 aliphatic carbocycles. The maximum Gasteiger partial charge on any atom is 0.264 e. The van der Waals surface area contributed by atoms with E-state index in [1.807, 2.05) is 18.2 Å². The lowest BCUT2D eigenvalue weighted by atomic mass is 10.1. The topological polar surface area (TPSA) is 55.7 Å². The molecule has 1 aromatic heterocycles. The van der Waals surface area contributed by atoms with Crippen molar-refractivity contribution in [1.29, 1.82) is 0 Å². The van der Waals surface area contributed by atoms with Crippen molar-refractivity contribution in [2.75, 3.05) is 18.5 Å². The highest BCUT2D eigenvalue weighted by molar-refractivity contribution is 7.15. The van der Waals surface area contributed by atoms with Crippen molar-refractivity contribution in [1.82, 2.24) is 4.98 Å². The van der Waals surface area contributed by atoms with Crippen LogP contribution in [0.3, 0.4) is 0 Å². The molecule has 150 valence electrons. The van der Waals surface area contributed by atoms with E-state index in [1.54, 1.807) is 11.3 Å². The molecular weight excluding hydrogens is 382 g/mol. The first kappa shape index (κ1) is 19.6. The number of nitrogens with zero attached hydrogens (tertiary/aromatic N) is 1. The number of aryl methyl sites for hydroxylation is 1. The van der Waals surface area contributed by atoms with Crippen LogP contribution >= 0.6 is 11.3 Å². The number of thiazole rings is 1. The van der Waals surface area contributed by atoms with Crippen molar-refractivity contribution in [3.05, 3.63) is 76.3 Å². The summed E-state index contributed by atoms with van der Waals surface area (Å²) in [7, 11) is 0. The lowest BCUT2D eigenvalue weighted by molar-refractivity contribution is -0.929. The fourth-order valence-corrected chi connectivity index (χ4v) is 4.67. The van der Waals surface area contributed by atoms with Crippen LogP contribution in [0.15, 0.2) is 54.6 Å². The largest absolute Gasteiger partial charge is 0.484 e. The van der Waals surface area contributed by atoms with Gasteiger partial charge < -0.3 is 9.64 Å². The molecule has 0 spiro atoms. The fourth-order valence-electron chi connectivity index (χ4n) is 3.58. The first-order chi connectivity index (χ1) is 14.2. The molecule has 1 aliphatic heterocycles. The van der Waals surface area contributed by atoms with Crippen LogP contribution in [0.1, 0.15) is 28.6 Å². The van der Waals surface area contributed by atoms with Crippen LogP contribution in [-0.2, 0) is 30.7 Å². The third kappa shape index (κ3) is 5.22. The van der Waals surface area contributed by atoms with E-state index in [2.05, 4.69) is 53.6 Å². The summed E-state index contributed by atoms with van der Waals surface area (Å²) in [6.45, 7) is 5.13. The van der Waals surface area contributed by atoms with Gasteiger partial charge in [-0.15, -0.1) is 0 Å². The van der Waals surface area contributed by atoms with E-state index < -0.39 is 0 Å². The van der Waals surface area contributed by atoms with Crippen LogP contribution in [0.25, 0.3) is 0 Å². The Balaban J connectivity index is 1.31. The number of amides is 1.